The number of ether oxygens (including phenoxy) is 1. The van der Waals surface area contributed by atoms with E-state index in [0.29, 0.717) is 23.3 Å². The second-order valence-corrected chi connectivity index (χ2v) is 9.11. The van der Waals surface area contributed by atoms with E-state index in [1.807, 2.05) is 31.4 Å². The van der Waals surface area contributed by atoms with Crippen LogP contribution >= 0.6 is 23.1 Å². The van der Waals surface area contributed by atoms with Crippen LogP contribution in [0.4, 0.5) is 5.95 Å². The number of thiophene rings is 1. The SMILES string of the molecule is CCOC(=O)C1=C(C)Nc2nc(SCc3ccc(C)cc3C)nn2C1c1cccs1. The van der Waals surface area contributed by atoms with Crippen molar-refractivity contribution in [1.82, 2.24) is 14.8 Å². The molecule has 1 aliphatic heterocycles. The molecule has 0 bridgehead atoms. The summed E-state index contributed by atoms with van der Waals surface area (Å²) in [5, 5.41) is 10.7. The Kier molecular flexibility index (Phi) is 5.97. The molecule has 6 nitrogen and oxygen atoms in total. The van der Waals surface area contributed by atoms with Crippen molar-refractivity contribution in [2.24, 2.45) is 0 Å². The van der Waals surface area contributed by atoms with Gasteiger partial charge >= 0.3 is 5.97 Å². The van der Waals surface area contributed by atoms with Gasteiger partial charge in [0.2, 0.25) is 11.1 Å². The summed E-state index contributed by atoms with van der Waals surface area (Å²) in [6, 6.07) is 10.1. The average Bonchev–Trinajstić information content (AvgIpc) is 3.36. The van der Waals surface area contributed by atoms with Crippen molar-refractivity contribution in [3.05, 3.63) is 68.5 Å². The van der Waals surface area contributed by atoms with Gasteiger partial charge in [0.1, 0.15) is 6.04 Å². The minimum Gasteiger partial charge on any atom is -0.463 e. The average molecular weight is 441 g/mol. The monoisotopic (exact) mass is 440 g/mol. The quantitative estimate of drug-likeness (QED) is 0.425. The van der Waals surface area contributed by atoms with Gasteiger partial charge in [-0.15, -0.1) is 16.4 Å². The van der Waals surface area contributed by atoms with Crippen molar-refractivity contribution < 1.29 is 9.53 Å². The van der Waals surface area contributed by atoms with Crippen LogP contribution in [-0.4, -0.2) is 27.3 Å². The summed E-state index contributed by atoms with van der Waals surface area (Å²) in [5.41, 5.74) is 5.11. The number of fused-ring (bicyclic) bond motifs is 1. The van der Waals surface area contributed by atoms with Crippen LogP contribution in [0.2, 0.25) is 0 Å². The number of esters is 1. The maximum Gasteiger partial charge on any atom is 0.338 e. The lowest BCUT2D eigenvalue weighted by molar-refractivity contribution is -0.139. The number of rotatable bonds is 6. The lowest BCUT2D eigenvalue weighted by atomic mass is 10.0. The molecule has 0 amide bonds. The fourth-order valence-electron chi connectivity index (χ4n) is 3.53. The van der Waals surface area contributed by atoms with E-state index in [0.717, 1.165) is 16.3 Å². The van der Waals surface area contributed by atoms with E-state index in [1.165, 1.54) is 16.7 Å². The molecule has 0 saturated carbocycles. The van der Waals surface area contributed by atoms with Crippen LogP contribution in [0.25, 0.3) is 0 Å². The number of nitrogens with zero attached hydrogens (tertiary/aromatic N) is 3. The summed E-state index contributed by atoms with van der Waals surface area (Å²) < 4.78 is 7.13. The van der Waals surface area contributed by atoms with Gasteiger partial charge in [0.05, 0.1) is 12.2 Å². The van der Waals surface area contributed by atoms with Crippen molar-refractivity contribution in [3.63, 3.8) is 0 Å². The molecule has 1 aliphatic rings. The first-order valence-corrected chi connectivity index (χ1v) is 11.7. The minimum atomic E-state index is -0.344. The third-order valence-corrected chi connectivity index (χ3v) is 6.81. The van der Waals surface area contributed by atoms with Crippen LogP contribution in [0.3, 0.4) is 0 Å². The predicted octanol–water partition coefficient (Wildman–Crippen LogP) is 5.10. The summed E-state index contributed by atoms with van der Waals surface area (Å²) in [7, 11) is 0. The lowest BCUT2D eigenvalue weighted by Crippen LogP contribution is -2.29. The molecule has 1 atom stereocenters. The standard InChI is InChI=1S/C22H24N4O2S2/c1-5-28-20(27)18-15(4)23-21-24-22(25-26(21)19(18)17-7-6-10-29-17)30-12-16-9-8-13(2)11-14(16)3/h6-11,19H,5,12H2,1-4H3,(H,23,24,25). The molecule has 0 fully saturated rings. The minimum absolute atomic E-state index is 0.327. The maximum atomic E-state index is 12.7. The van der Waals surface area contributed by atoms with E-state index in [-0.39, 0.29) is 12.0 Å². The van der Waals surface area contributed by atoms with Gasteiger partial charge in [-0.05, 0) is 50.3 Å². The van der Waals surface area contributed by atoms with E-state index in [2.05, 4.69) is 42.3 Å². The number of allylic oxidation sites excluding steroid dienone is 1. The number of carbonyl (C=O) groups excluding carboxylic acids is 1. The van der Waals surface area contributed by atoms with Gasteiger partial charge < -0.3 is 10.1 Å². The molecule has 3 aromatic rings. The van der Waals surface area contributed by atoms with Gasteiger partial charge in [-0.1, -0.05) is 41.6 Å². The van der Waals surface area contributed by atoms with Crippen LogP contribution in [0.5, 0.6) is 0 Å². The molecule has 0 saturated heterocycles. The maximum absolute atomic E-state index is 12.7. The molecule has 1 aromatic carbocycles. The summed E-state index contributed by atoms with van der Waals surface area (Å²) in [4.78, 5) is 18.4. The van der Waals surface area contributed by atoms with Gasteiger partial charge in [0.15, 0.2) is 0 Å². The molecule has 0 aliphatic carbocycles. The smallest absolute Gasteiger partial charge is 0.338 e. The van der Waals surface area contributed by atoms with E-state index < -0.39 is 0 Å². The highest BCUT2D eigenvalue weighted by atomic mass is 32.2. The second kappa shape index (κ2) is 8.65. The summed E-state index contributed by atoms with van der Waals surface area (Å²) in [6.07, 6.45) is 0. The number of carbonyl (C=O) groups is 1. The number of hydrogen-bond acceptors (Lipinski definition) is 7. The van der Waals surface area contributed by atoms with E-state index in [4.69, 9.17) is 9.84 Å². The molecule has 2 aromatic heterocycles. The van der Waals surface area contributed by atoms with Crippen LogP contribution in [-0.2, 0) is 15.3 Å². The molecule has 3 heterocycles. The number of anilines is 1. The molecule has 8 heteroatoms. The first-order chi connectivity index (χ1) is 14.5. The van der Waals surface area contributed by atoms with Crippen LogP contribution in [0.15, 0.2) is 52.1 Å². The lowest BCUT2D eigenvalue weighted by Gasteiger charge is -2.26. The number of benzene rings is 1. The Hall–Kier alpha value is -2.58. The van der Waals surface area contributed by atoms with E-state index >= 15 is 0 Å². The number of thioether (sulfide) groups is 1. The Morgan fingerprint density at radius 2 is 2.13 bits per heavy atom. The van der Waals surface area contributed by atoms with Crippen molar-refractivity contribution in [2.75, 3.05) is 11.9 Å². The molecule has 1 N–H and O–H groups in total. The topological polar surface area (TPSA) is 69.0 Å². The van der Waals surface area contributed by atoms with Crippen LogP contribution in [0.1, 0.15) is 41.5 Å². The Morgan fingerprint density at radius 1 is 1.30 bits per heavy atom. The van der Waals surface area contributed by atoms with E-state index in [9.17, 15) is 4.79 Å². The third-order valence-electron chi connectivity index (χ3n) is 5.00. The fourth-order valence-corrected chi connectivity index (χ4v) is 5.25. The van der Waals surface area contributed by atoms with Gasteiger partial charge in [-0.2, -0.15) is 4.98 Å². The highest BCUT2D eigenvalue weighted by molar-refractivity contribution is 7.98. The molecule has 30 heavy (non-hydrogen) atoms. The van der Waals surface area contributed by atoms with Crippen LogP contribution < -0.4 is 5.32 Å². The van der Waals surface area contributed by atoms with Crippen molar-refractivity contribution in [3.8, 4) is 0 Å². The number of hydrogen-bond donors (Lipinski definition) is 1. The molecule has 156 valence electrons. The van der Waals surface area contributed by atoms with E-state index in [1.54, 1.807) is 27.8 Å². The highest BCUT2D eigenvalue weighted by Gasteiger charge is 2.35. The summed E-state index contributed by atoms with van der Waals surface area (Å²) in [5.74, 6) is 1.10. The molecule has 1 unspecified atom stereocenters. The summed E-state index contributed by atoms with van der Waals surface area (Å²) >= 11 is 3.19. The molecular weight excluding hydrogens is 416 g/mol. The predicted molar refractivity (Wildman–Crippen MR) is 121 cm³/mol. The highest BCUT2D eigenvalue weighted by Crippen LogP contribution is 2.38. The Labute approximate surface area is 184 Å². The molecule has 0 radical (unpaired) electrons. The number of aromatic nitrogens is 3. The van der Waals surface area contributed by atoms with Gasteiger partial charge in [0.25, 0.3) is 0 Å². The van der Waals surface area contributed by atoms with Gasteiger partial charge in [0, 0.05) is 16.3 Å². The number of nitrogens with one attached hydrogen (secondary N) is 1. The first-order valence-electron chi connectivity index (χ1n) is 9.81. The van der Waals surface area contributed by atoms with Crippen molar-refractivity contribution in [2.45, 2.75) is 44.6 Å². The Morgan fingerprint density at radius 3 is 2.83 bits per heavy atom. The number of aryl methyl sites for hydroxylation is 2. The van der Waals surface area contributed by atoms with Gasteiger partial charge in [-0.3, -0.25) is 0 Å². The molecular formula is C22H24N4O2S2. The Bertz CT molecular complexity index is 1100. The summed E-state index contributed by atoms with van der Waals surface area (Å²) in [6.45, 7) is 8.25. The zero-order valence-electron chi connectivity index (χ0n) is 17.4. The fraction of sp³-hybridized carbons (Fsp3) is 0.318. The van der Waals surface area contributed by atoms with Crippen molar-refractivity contribution >= 4 is 35.0 Å². The zero-order valence-corrected chi connectivity index (χ0v) is 19.1. The molecule has 4 rings (SSSR count). The largest absolute Gasteiger partial charge is 0.463 e. The first kappa shape index (κ1) is 20.7. The molecule has 0 spiro atoms. The van der Waals surface area contributed by atoms with Gasteiger partial charge in [-0.25, -0.2) is 9.48 Å². The van der Waals surface area contributed by atoms with Crippen LogP contribution in [0, 0.1) is 13.8 Å². The zero-order chi connectivity index (χ0) is 21.3. The second-order valence-electron chi connectivity index (χ2n) is 7.18. The van der Waals surface area contributed by atoms with Crippen molar-refractivity contribution in [1.29, 1.82) is 0 Å². The Balaban J connectivity index is 1.65. The normalized spacial score (nSPS) is 15.7. The third kappa shape index (κ3) is 4.02.